The van der Waals surface area contributed by atoms with Crippen LogP contribution in [0.5, 0.6) is 0 Å². The Labute approximate surface area is 213 Å². The van der Waals surface area contributed by atoms with E-state index < -0.39 is 0 Å². The smallest absolute Gasteiger partial charge is 0.272 e. The molecular weight excluding hydrogens is 454 g/mol. The van der Waals surface area contributed by atoms with Gasteiger partial charge in [-0.3, -0.25) is 9.48 Å². The second kappa shape index (κ2) is 8.23. The van der Waals surface area contributed by atoms with E-state index in [-0.39, 0.29) is 5.91 Å². The molecular formula is C30H34ClN3O. The molecule has 182 valence electrons. The summed E-state index contributed by atoms with van der Waals surface area (Å²) >= 11 is 6.46. The summed E-state index contributed by atoms with van der Waals surface area (Å²) in [5, 5.41) is 8.95. The number of carbonyl (C=O) groups is 1. The van der Waals surface area contributed by atoms with Crippen LogP contribution in [0.4, 0.5) is 0 Å². The summed E-state index contributed by atoms with van der Waals surface area (Å²) in [6.07, 6.45) is 4.54. The van der Waals surface area contributed by atoms with Crippen LogP contribution >= 0.6 is 11.6 Å². The fraction of sp³-hybridized carbons (Fsp3) is 0.467. The second-order valence-corrected chi connectivity index (χ2v) is 12.1. The van der Waals surface area contributed by atoms with Crippen molar-refractivity contribution in [2.24, 2.45) is 23.2 Å². The van der Waals surface area contributed by atoms with Crippen LogP contribution in [0.25, 0.3) is 11.3 Å². The van der Waals surface area contributed by atoms with E-state index in [0.29, 0.717) is 30.0 Å². The third-order valence-corrected chi connectivity index (χ3v) is 9.66. The first kappa shape index (κ1) is 22.8. The van der Waals surface area contributed by atoms with Crippen molar-refractivity contribution >= 4 is 17.5 Å². The minimum Gasteiger partial charge on any atom is -0.350 e. The number of hydrogen-bond acceptors (Lipinski definition) is 2. The molecule has 2 bridgehead atoms. The lowest BCUT2D eigenvalue weighted by molar-refractivity contribution is -0.103. The molecule has 1 heterocycles. The zero-order valence-corrected chi connectivity index (χ0v) is 21.9. The Hall–Kier alpha value is -2.59. The molecule has 0 spiro atoms. The quantitative estimate of drug-likeness (QED) is 0.346. The third kappa shape index (κ3) is 3.72. The first-order valence-corrected chi connectivity index (χ1v) is 13.3. The van der Waals surface area contributed by atoms with Crippen molar-refractivity contribution in [3.63, 3.8) is 0 Å². The molecule has 0 radical (unpaired) electrons. The molecule has 3 fully saturated rings. The van der Waals surface area contributed by atoms with Gasteiger partial charge in [-0.1, -0.05) is 55.3 Å². The number of aromatic nitrogens is 2. The van der Waals surface area contributed by atoms with Crippen LogP contribution < -0.4 is 5.32 Å². The number of fused-ring (bicyclic) bond motifs is 5. The first-order valence-electron chi connectivity index (χ1n) is 12.9. The molecule has 3 atom stereocenters. The molecule has 5 heteroatoms. The van der Waals surface area contributed by atoms with Crippen LogP contribution in [-0.2, 0) is 13.0 Å². The molecule has 0 saturated heterocycles. The van der Waals surface area contributed by atoms with E-state index in [9.17, 15) is 4.79 Å². The number of benzene rings is 2. The molecule has 4 aliphatic rings. The molecule has 4 aliphatic carbocycles. The molecule has 3 aromatic rings. The minimum atomic E-state index is -0.0428. The van der Waals surface area contributed by atoms with Gasteiger partial charge in [-0.05, 0) is 85.1 Å². The maximum atomic E-state index is 13.5. The number of rotatable bonds is 5. The van der Waals surface area contributed by atoms with Crippen LogP contribution in [0.1, 0.15) is 71.4 Å². The standard InChI is InChI=1S/C30H34ClN3O/c1-17-5-7-19(8-6-17)16-34-28-23-11-18(2)26(31)13-21(23)12-24(28)27(33-34)29(35)32-15-20-9-10-22-14-25(20)30(22,3)4/h5-8,11,13,20,22,25H,9-10,12,14-16H2,1-4H3,(H,32,35). The Morgan fingerprint density at radius 2 is 1.94 bits per heavy atom. The van der Waals surface area contributed by atoms with Gasteiger partial charge in [-0.25, -0.2) is 0 Å². The molecule has 35 heavy (non-hydrogen) atoms. The van der Waals surface area contributed by atoms with Gasteiger partial charge in [0.1, 0.15) is 0 Å². The SMILES string of the molecule is Cc1ccc(Cn2nc(C(=O)NCC3CCC4CC3C4(C)C)c3c2-c2cc(C)c(Cl)cc2C3)cc1. The van der Waals surface area contributed by atoms with Crippen LogP contribution in [0, 0.1) is 37.0 Å². The van der Waals surface area contributed by atoms with Gasteiger partial charge >= 0.3 is 0 Å². The first-order chi connectivity index (χ1) is 16.7. The van der Waals surface area contributed by atoms with Crippen LogP contribution in [0.15, 0.2) is 36.4 Å². The summed E-state index contributed by atoms with van der Waals surface area (Å²) in [5.74, 6) is 2.12. The maximum Gasteiger partial charge on any atom is 0.272 e. The van der Waals surface area contributed by atoms with Gasteiger partial charge in [0, 0.05) is 29.1 Å². The Morgan fingerprint density at radius 3 is 2.66 bits per heavy atom. The Morgan fingerprint density at radius 1 is 1.17 bits per heavy atom. The highest BCUT2D eigenvalue weighted by atomic mass is 35.5. The Balaban J connectivity index is 1.30. The molecule has 3 unspecified atom stereocenters. The van der Waals surface area contributed by atoms with E-state index in [0.717, 1.165) is 45.8 Å². The average Bonchev–Trinajstić information content (AvgIpc) is 3.36. The Kier molecular flexibility index (Phi) is 5.37. The summed E-state index contributed by atoms with van der Waals surface area (Å²) < 4.78 is 2.02. The molecule has 7 rings (SSSR count). The molecule has 4 nitrogen and oxygen atoms in total. The zero-order chi connectivity index (χ0) is 24.5. The molecule has 1 aromatic heterocycles. The molecule has 2 aromatic carbocycles. The van der Waals surface area contributed by atoms with Gasteiger partial charge in [0.25, 0.3) is 5.91 Å². The predicted octanol–water partition coefficient (Wildman–Crippen LogP) is 6.57. The normalized spacial score (nSPS) is 23.4. The monoisotopic (exact) mass is 487 g/mol. The summed E-state index contributed by atoms with van der Waals surface area (Å²) in [4.78, 5) is 13.5. The number of nitrogens with one attached hydrogen (secondary N) is 1. The second-order valence-electron chi connectivity index (χ2n) is 11.7. The number of nitrogens with zero attached hydrogens (tertiary/aromatic N) is 2. The van der Waals surface area contributed by atoms with Gasteiger partial charge in [0.15, 0.2) is 5.69 Å². The van der Waals surface area contributed by atoms with Gasteiger partial charge < -0.3 is 5.32 Å². The van der Waals surface area contributed by atoms with Crippen LogP contribution in [0.2, 0.25) is 5.02 Å². The van der Waals surface area contributed by atoms with Crippen molar-refractivity contribution in [1.82, 2.24) is 15.1 Å². The summed E-state index contributed by atoms with van der Waals surface area (Å²) in [6, 6.07) is 12.7. The van der Waals surface area contributed by atoms with E-state index in [1.54, 1.807) is 0 Å². The van der Waals surface area contributed by atoms with Crippen LogP contribution in [-0.4, -0.2) is 22.2 Å². The van der Waals surface area contributed by atoms with E-state index >= 15 is 0 Å². The van der Waals surface area contributed by atoms with Crippen molar-refractivity contribution in [2.45, 2.75) is 59.9 Å². The van der Waals surface area contributed by atoms with Gasteiger partial charge in [-0.15, -0.1) is 0 Å². The third-order valence-electron chi connectivity index (χ3n) is 9.25. The fourth-order valence-corrected chi connectivity index (χ4v) is 7.11. The van der Waals surface area contributed by atoms with E-state index in [4.69, 9.17) is 16.7 Å². The van der Waals surface area contributed by atoms with Crippen molar-refractivity contribution in [2.75, 3.05) is 6.54 Å². The topological polar surface area (TPSA) is 46.9 Å². The number of aryl methyl sites for hydroxylation is 2. The lowest BCUT2D eigenvalue weighted by atomic mass is 9.45. The zero-order valence-electron chi connectivity index (χ0n) is 21.1. The molecule has 1 amide bonds. The maximum absolute atomic E-state index is 13.5. The summed E-state index contributed by atoms with van der Waals surface area (Å²) in [6.45, 7) is 10.3. The van der Waals surface area contributed by atoms with E-state index in [1.165, 1.54) is 36.0 Å². The van der Waals surface area contributed by atoms with Gasteiger partial charge in [0.05, 0.1) is 12.2 Å². The van der Waals surface area contributed by atoms with Gasteiger partial charge in [-0.2, -0.15) is 5.10 Å². The molecule has 3 saturated carbocycles. The van der Waals surface area contributed by atoms with E-state index in [1.807, 2.05) is 11.6 Å². The number of amides is 1. The van der Waals surface area contributed by atoms with Crippen molar-refractivity contribution in [1.29, 1.82) is 0 Å². The molecule has 1 N–H and O–H groups in total. The molecule has 0 aliphatic heterocycles. The predicted molar refractivity (Wildman–Crippen MR) is 141 cm³/mol. The largest absolute Gasteiger partial charge is 0.350 e. The fourth-order valence-electron chi connectivity index (χ4n) is 6.93. The lowest BCUT2D eigenvalue weighted by Crippen LogP contribution is -2.54. The Bertz CT molecular complexity index is 1320. The van der Waals surface area contributed by atoms with Crippen molar-refractivity contribution in [3.8, 4) is 11.3 Å². The highest BCUT2D eigenvalue weighted by Crippen LogP contribution is 2.61. The minimum absolute atomic E-state index is 0.0428. The van der Waals surface area contributed by atoms with Crippen molar-refractivity contribution in [3.05, 3.63) is 74.9 Å². The number of carbonyl (C=O) groups excluding carboxylic acids is 1. The summed E-state index contributed by atoms with van der Waals surface area (Å²) in [7, 11) is 0. The highest BCUT2D eigenvalue weighted by Gasteiger charge is 2.54. The summed E-state index contributed by atoms with van der Waals surface area (Å²) in [5.41, 5.74) is 8.86. The highest BCUT2D eigenvalue weighted by molar-refractivity contribution is 6.31. The van der Waals surface area contributed by atoms with Crippen molar-refractivity contribution < 1.29 is 4.79 Å². The van der Waals surface area contributed by atoms with Crippen LogP contribution in [0.3, 0.4) is 0 Å². The number of halogens is 1. The lowest BCUT2D eigenvalue weighted by Gasteiger charge is -2.60. The van der Waals surface area contributed by atoms with Gasteiger partial charge in [0.2, 0.25) is 0 Å². The van der Waals surface area contributed by atoms with E-state index in [2.05, 4.69) is 62.5 Å². The average molecular weight is 488 g/mol. The number of hydrogen-bond donors (Lipinski definition) is 1.